The van der Waals surface area contributed by atoms with Crippen LogP contribution >= 0.6 is 0 Å². The van der Waals surface area contributed by atoms with Crippen LogP contribution in [0, 0.1) is 0 Å². The van der Waals surface area contributed by atoms with Gasteiger partial charge in [-0.3, -0.25) is 0 Å². The number of fused-ring (bicyclic) bond motifs is 1. The quantitative estimate of drug-likeness (QED) is 0.811. The summed E-state index contributed by atoms with van der Waals surface area (Å²) in [5.41, 5.74) is -2.14. The monoisotopic (exact) mass is 264 g/mol. The lowest BCUT2D eigenvalue weighted by Crippen LogP contribution is -2.68. The van der Waals surface area contributed by atoms with Gasteiger partial charge in [0.1, 0.15) is 11.9 Å². The zero-order valence-electron chi connectivity index (χ0n) is 11.5. The van der Waals surface area contributed by atoms with E-state index in [4.69, 9.17) is 0 Å². The summed E-state index contributed by atoms with van der Waals surface area (Å²) < 4.78 is 0. The maximum absolute atomic E-state index is 11.7. The summed E-state index contributed by atoms with van der Waals surface area (Å²) in [4.78, 5) is 17.9. The van der Waals surface area contributed by atoms with Crippen molar-refractivity contribution < 1.29 is 15.0 Å². The molecule has 0 saturated carbocycles. The first kappa shape index (κ1) is 13.8. The van der Waals surface area contributed by atoms with E-state index in [1.165, 1.54) is 0 Å². The summed E-state index contributed by atoms with van der Waals surface area (Å²) >= 11 is 0. The number of aliphatic imine (C=N–C) groups is 1. The first-order valence-electron chi connectivity index (χ1n) is 6.58. The number of allylic oxidation sites excluding steroid dienone is 2. The van der Waals surface area contributed by atoms with Crippen LogP contribution in [-0.4, -0.2) is 44.1 Å². The summed E-state index contributed by atoms with van der Waals surface area (Å²) in [6.07, 6.45) is 7.13. The first-order valence-corrected chi connectivity index (χ1v) is 6.58. The average Bonchev–Trinajstić information content (AvgIpc) is 2.42. The number of hydrogen-bond acceptors (Lipinski definition) is 4. The molecule has 0 aromatic carbocycles. The Morgan fingerprint density at radius 3 is 2.63 bits per heavy atom. The lowest BCUT2D eigenvalue weighted by atomic mass is 9.74. The number of aliphatic carboxylic acids is 1. The highest BCUT2D eigenvalue weighted by atomic mass is 16.4. The fraction of sp³-hybridized carbons (Fsp3) is 0.571. The number of rotatable bonds is 3. The fourth-order valence-corrected chi connectivity index (χ4v) is 2.82. The average molecular weight is 264 g/mol. The molecule has 0 bridgehead atoms. The van der Waals surface area contributed by atoms with Gasteiger partial charge in [0.15, 0.2) is 5.54 Å². The lowest BCUT2D eigenvalue weighted by molar-refractivity contribution is -0.153. The van der Waals surface area contributed by atoms with Crippen molar-refractivity contribution in [3.05, 3.63) is 24.4 Å². The maximum atomic E-state index is 11.7. The Bertz CT molecular complexity index is 483. The Kier molecular flexibility index (Phi) is 3.26. The van der Waals surface area contributed by atoms with Gasteiger partial charge in [-0.2, -0.15) is 0 Å². The van der Waals surface area contributed by atoms with Crippen LogP contribution < -0.4 is 0 Å². The second-order valence-electron chi connectivity index (χ2n) is 5.24. The van der Waals surface area contributed by atoms with Crippen LogP contribution in [0.3, 0.4) is 0 Å². The number of carboxylic acid groups (broad SMARTS) is 1. The predicted octanol–water partition coefficient (Wildman–Crippen LogP) is 1.55. The third kappa shape index (κ3) is 1.72. The number of carboxylic acids is 1. The molecule has 0 fully saturated rings. The van der Waals surface area contributed by atoms with Gasteiger partial charge in [-0.25, -0.2) is 9.79 Å². The molecule has 0 aromatic heterocycles. The van der Waals surface area contributed by atoms with Crippen molar-refractivity contribution in [2.24, 2.45) is 4.99 Å². The van der Waals surface area contributed by atoms with Crippen molar-refractivity contribution >= 4 is 11.8 Å². The van der Waals surface area contributed by atoms with Gasteiger partial charge in [-0.15, -0.1) is 0 Å². The van der Waals surface area contributed by atoms with Gasteiger partial charge in [-0.1, -0.05) is 19.9 Å². The predicted molar refractivity (Wildman–Crippen MR) is 72.9 cm³/mol. The topological polar surface area (TPSA) is 73.1 Å². The molecule has 3 atom stereocenters. The van der Waals surface area contributed by atoms with Crippen molar-refractivity contribution in [2.45, 2.75) is 50.8 Å². The van der Waals surface area contributed by atoms with E-state index in [0.29, 0.717) is 12.3 Å². The van der Waals surface area contributed by atoms with Gasteiger partial charge in [0.25, 0.3) is 0 Å². The lowest BCUT2D eigenvalue weighted by Gasteiger charge is -2.52. The minimum absolute atomic E-state index is 0.258. The number of hydrogen-bond donors (Lipinski definition) is 2. The molecular weight excluding hydrogens is 244 g/mol. The van der Waals surface area contributed by atoms with Crippen LogP contribution in [0.5, 0.6) is 0 Å². The molecule has 2 aliphatic rings. The van der Waals surface area contributed by atoms with Gasteiger partial charge in [0.2, 0.25) is 0 Å². The van der Waals surface area contributed by atoms with E-state index in [0.717, 1.165) is 0 Å². The van der Waals surface area contributed by atoms with Crippen LogP contribution in [0.1, 0.15) is 33.6 Å². The number of carbonyl (C=O) groups is 1. The highest BCUT2D eigenvalue weighted by molar-refractivity contribution is 5.99. The van der Waals surface area contributed by atoms with Crippen LogP contribution in [0.2, 0.25) is 0 Å². The summed E-state index contributed by atoms with van der Waals surface area (Å²) in [7, 11) is 0. The molecule has 2 N–H and O–H groups in total. The zero-order valence-corrected chi connectivity index (χ0v) is 11.5. The molecule has 5 nitrogen and oxygen atoms in total. The van der Waals surface area contributed by atoms with Gasteiger partial charge < -0.3 is 15.1 Å². The summed E-state index contributed by atoms with van der Waals surface area (Å²) in [6.45, 7) is 5.57. The van der Waals surface area contributed by atoms with Crippen LogP contribution in [0.25, 0.3) is 0 Å². The normalized spacial score (nSPS) is 36.9. The van der Waals surface area contributed by atoms with Crippen LogP contribution in [-0.2, 0) is 4.79 Å². The summed E-state index contributed by atoms with van der Waals surface area (Å²) in [5.74, 6) is -0.473. The molecule has 104 valence electrons. The second-order valence-corrected chi connectivity index (χ2v) is 5.24. The van der Waals surface area contributed by atoms with Gasteiger partial charge >= 0.3 is 5.97 Å². The summed E-state index contributed by atoms with van der Waals surface area (Å²) in [5, 5.41) is 20.2. The molecule has 2 aliphatic heterocycles. The molecule has 0 amide bonds. The molecule has 0 aliphatic carbocycles. The van der Waals surface area contributed by atoms with Crippen LogP contribution in [0.4, 0.5) is 0 Å². The van der Waals surface area contributed by atoms with Crippen molar-refractivity contribution in [1.82, 2.24) is 4.90 Å². The SMILES string of the molecule is CCC1(C(=O)O)N=C2C=CC=CN2C(C)(CC)C1O. The Morgan fingerprint density at radius 2 is 2.11 bits per heavy atom. The van der Waals surface area contributed by atoms with Crippen molar-refractivity contribution in [1.29, 1.82) is 0 Å². The van der Waals surface area contributed by atoms with Gasteiger partial charge in [0.05, 0.1) is 5.54 Å². The van der Waals surface area contributed by atoms with E-state index >= 15 is 0 Å². The summed E-state index contributed by atoms with van der Waals surface area (Å²) in [6, 6.07) is 0. The van der Waals surface area contributed by atoms with E-state index in [2.05, 4.69) is 4.99 Å². The third-order valence-corrected chi connectivity index (χ3v) is 4.37. The zero-order chi connectivity index (χ0) is 14.3. The van der Waals surface area contributed by atoms with E-state index in [9.17, 15) is 15.0 Å². The van der Waals surface area contributed by atoms with E-state index < -0.39 is 23.2 Å². The molecule has 5 heteroatoms. The highest BCUT2D eigenvalue weighted by Gasteiger charge is 2.57. The molecular formula is C14H20N2O3. The Morgan fingerprint density at radius 1 is 1.42 bits per heavy atom. The smallest absolute Gasteiger partial charge is 0.334 e. The van der Waals surface area contributed by atoms with E-state index in [1.807, 2.05) is 37.1 Å². The van der Waals surface area contributed by atoms with Crippen LogP contribution in [0.15, 0.2) is 29.4 Å². The molecule has 0 radical (unpaired) electrons. The van der Waals surface area contributed by atoms with Crippen molar-refractivity contribution in [3.8, 4) is 0 Å². The number of aliphatic hydroxyl groups is 1. The molecule has 2 heterocycles. The van der Waals surface area contributed by atoms with E-state index in [1.54, 1.807) is 13.0 Å². The van der Waals surface area contributed by atoms with Crippen molar-refractivity contribution in [3.63, 3.8) is 0 Å². The first-order chi connectivity index (χ1) is 8.92. The van der Waals surface area contributed by atoms with Gasteiger partial charge in [0, 0.05) is 6.20 Å². The Balaban J connectivity index is 2.64. The second kappa shape index (κ2) is 4.49. The third-order valence-electron chi connectivity index (χ3n) is 4.37. The molecule has 0 saturated heterocycles. The van der Waals surface area contributed by atoms with E-state index in [-0.39, 0.29) is 6.42 Å². The Hall–Kier alpha value is -1.62. The number of aliphatic hydroxyl groups excluding tert-OH is 1. The molecule has 0 spiro atoms. The largest absolute Gasteiger partial charge is 0.479 e. The molecule has 19 heavy (non-hydrogen) atoms. The number of amidine groups is 1. The fourth-order valence-electron chi connectivity index (χ4n) is 2.82. The minimum Gasteiger partial charge on any atom is -0.479 e. The van der Waals surface area contributed by atoms with Gasteiger partial charge in [-0.05, 0) is 31.9 Å². The molecule has 2 rings (SSSR count). The molecule has 0 aromatic rings. The number of nitrogens with zero attached hydrogens (tertiary/aromatic N) is 2. The van der Waals surface area contributed by atoms with Crippen molar-refractivity contribution in [2.75, 3.05) is 0 Å². The highest BCUT2D eigenvalue weighted by Crippen LogP contribution is 2.40. The molecule has 3 unspecified atom stereocenters. The Labute approximate surface area is 112 Å². The minimum atomic E-state index is -1.47. The maximum Gasteiger partial charge on any atom is 0.334 e. The standard InChI is InChI=1S/C14H20N2O3/c1-4-13(3)11(17)14(5-2,12(18)19)15-10-8-6-7-9-16(10)13/h6-9,11,17H,4-5H2,1-3H3,(H,18,19).